The summed E-state index contributed by atoms with van der Waals surface area (Å²) in [7, 11) is 0. The lowest BCUT2D eigenvalue weighted by Crippen LogP contribution is -2.23. The molecule has 0 radical (unpaired) electrons. The number of benzene rings is 1. The first kappa shape index (κ1) is 14.5. The Labute approximate surface area is 124 Å². The van der Waals surface area contributed by atoms with Crippen LogP contribution in [-0.4, -0.2) is 9.78 Å². The highest BCUT2D eigenvalue weighted by molar-refractivity contribution is 9.10. The number of aromatic nitrogens is 2. The van der Waals surface area contributed by atoms with E-state index < -0.39 is 0 Å². The van der Waals surface area contributed by atoms with Gasteiger partial charge in [0, 0.05) is 6.54 Å². The van der Waals surface area contributed by atoms with Gasteiger partial charge in [-0.25, -0.2) is 9.07 Å². The van der Waals surface area contributed by atoms with Crippen molar-refractivity contribution in [3.05, 3.63) is 69.3 Å². The van der Waals surface area contributed by atoms with Crippen molar-refractivity contribution in [3.8, 4) is 0 Å². The molecule has 6 heteroatoms. The highest BCUT2D eigenvalue weighted by Gasteiger charge is 2.07. The molecule has 0 spiro atoms. The SMILES string of the molecule is C=CCn1ncc(NCc2cccc(F)c2)c(Br)c1=O. The van der Waals surface area contributed by atoms with Crippen LogP contribution in [0.25, 0.3) is 0 Å². The first-order valence-corrected chi connectivity index (χ1v) is 6.76. The molecule has 4 nitrogen and oxygen atoms in total. The average Bonchev–Trinajstić information content (AvgIpc) is 2.43. The van der Waals surface area contributed by atoms with Crippen molar-refractivity contribution in [1.29, 1.82) is 0 Å². The maximum Gasteiger partial charge on any atom is 0.283 e. The number of nitrogens with zero attached hydrogens (tertiary/aromatic N) is 2. The average molecular weight is 338 g/mol. The number of nitrogens with one attached hydrogen (secondary N) is 1. The summed E-state index contributed by atoms with van der Waals surface area (Å²) in [5.41, 5.74) is 1.11. The third kappa shape index (κ3) is 3.33. The Hall–Kier alpha value is -1.95. The molecule has 104 valence electrons. The summed E-state index contributed by atoms with van der Waals surface area (Å²) < 4.78 is 14.8. The predicted molar refractivity (Wildman–Crippen MR) is 80.1 cm³/mol. The fraction of sp³-hybridized carbons (Fsp3) is 0.143. The van der Waals surface area contributed by atoms with Gasteiger partial charge in [-0.2, -0.15) is 5.10 Å². The molecule has 1 heterocycles. The number of anilines is 1. The summed E-state index contributed by atoms with van der Waals surface area (Å²) >= 11 is 3.24. The molecule has 0 aliphatic rings. The van der Waals surface area contributed by atoms with Crippen LogP contribution in [0.1, 0.15) is 5.56 Å². The van der Waals surface area contributed by atoms with Crippen LogP contribution < -0.4 is 10.9 Å². The Morgan fingerprint density at radius 1 is 1.50 bits per heavy atom. The van der Waals surface area contributed by atoms with Gasteiger partial charge in [0.2, 0.25) is 0 Å². The second-order valence-electron chi connectivity index (χ2n) is 4.13. The zero-order valence-electron chi connectivity index (χ0n) is 10.6. The minimum Gasteiger partial charge on any atom is -0.379 e. The summed E-state index contributed by atoms with van der Waals surface area (Å²) in [6.45, 7) is 4.32. The summed E-state index contributed by atoms with van der Waals surface area (Å²) in [5, 5.41) is 7.08. The zero-order valence-corrected chi connectivity index (χ0v) is 12.2. The maximum absolute atomic E-state index is 13.1. The van der Waals surface area contributed by atoms with Crippen molar-refractivity contribution in [2.24, 2.45) is 0 Å². The fourth-order valence-corrected chi connectivity index (χ4v) is 2.13. The molecule has 1 aromatic heterocycles. The second kappa shape index (κ2) is 6.47. The molecule has 2 aromatic rings. The largest absolute Gasteiger partial charge is 0.379 e. The van der Waals surface area contributed by atoms with E-state index in [-0.39, 0.29) is 11.4 Å². The Bertz CT molecular complexity index is 684. The van der Waals surface area contributed by atoms with Crippen LogP contribution in [0.5, 0.6) is 0 Å². The van der Waals surface area contributed by atoms with Gasteiger partial charge in [0.05, 0.1) is 18.4 Å². The van der Waals surface area contributed by atoms with Gasteiger partial charge in [-0.3, -0.25) is 4.79 Å². The summed E-state index contributed by atoms with van der Waals surface area (Å²) in [5.74, 6) is -0.289. The number of rotatable bonds is 5. The molecule has 0 saturated carbocycles. The third-order valence-corrected chi connectivity index (χ3v) is 3.43. The van der Waals surface area contributed by atoms with Crippen LogP contribution in [0.2, 0.25) is 0 Å². The second-order valence-corrected chi connectivity index (χ2v) is 4.92. The van der Waals surface area contributed by atoms with Crippen LogP contribution in [0, 0.1) is 5.82 Å². The molecule has 0 amide bonds. The van der Waals surface area contributed by atoms with Crippen LogP contribution in [0.4, 0.5) is 10.1 Å². The normalized spacial score (nSPS) is 10.3. The molecule has 0 bridgehead atoms. The molecule has 0 fully saturated rings. The molecule has 20 heavy (non-hydrogen) atoms. The fourth-order valence-electron chi connectivity index (χ4n) is 1.68. The minimum atomic E-state index is -0.289. The molecule has 0 atom stereocenters. The third-order valence-electron chi connectivity index (χ3n) is 2.66. The Balaban J connectivity index is 2.16. The molecule has 0 unspecified atom stereocenters. The van der Waals surface area contributed by atoms with Gasteiger partial charge < -0.3 is 5.32 Å². The summed E-state index contributed by atoms with van der Waals surface area (Å²) in [6.07, 6.45) is 3.15. The van der Waals surface area contributed by atoms with E-state index in [4.69, 9.17) is 0 Å². The smallest absolute Gasteiger partial charge is 0.283 e. The van der Waals surface area contributed by atoms with Crippen LogP contribution in [-0.2, 0) is 13.1 Å². The molecular weight excluding hydrogens is 325 g/mol. The molecule has 1 N–H and O–H groups in total. The number of allylic oxidation sites excluding steroid dienone is 1. The van der Waals surface area contributed by atoms with Crippen LogP contribution in [0.3, 0.4) is 0 Å². The standard InChI is InChI=1S/C14H13BrFN3O/c1-2-6-19-14(20)13(15)12(9-18-19)17-8-10-4-3-5-11(16)7-10/h2-5,7,9,17H,1,6,8H2. The predicted octanol–water partition coefficient (Wildman–Crippen LogP) is 2.94. The van der Waals surface area contributed by atoms with E-state index in [1.54, 1.807) is 24.4 Å². The Morgan fingerprint density at radius 3 is 3.00 bits per heavy atom. The first-order chi connectivity index (χ1) is 9.61. The zero-order chi connectivity index (χ0) is 14.5. The van der Waals surface area contributed by atoms with Gasteiger partial charge in [-0.05, 0) is 33.6 Å². The molecular formula is C14H13BrFN3O. The van der Waals surface area contributed by atoms with Gasteiger partial charge in [-0.15, -0.1) is 6.58 Å². The van der Waals surface area contributed by atoms with Gasteiger partial charge >= 0.3 is 0 Å². The first-order valence-electron chi connectivity index (χ1n) is 5.96. The Morgan fingerprint density at radius 2 is 2.30 bits per heavy atom. The van der Waals surface area contributed by atoms with Crippen molar-refractivity contribution in [3.63, 3.8) is 0 Å². The maximum atomic E-state index is 13.1. The van der Waals surface area contributed by atoms with E-state index in [9.17, 15) is 9.18 Å². The highest BCUT2D eigenvalue weighted by atomic mass is 79.9. The molecule has 2 rings (SSSR count). The highest BCUT2D eigenvalue weighted by Crippen LogP contribution is 2.17. The number of halogens is 2. The van der Waals surface area contributed by atoms with E-state index >= 15 is 0 Å². The molecule has 0 aliphatic heterocycles. The summed E-state index contributed by atoms with van der Waals surface area (Å²) in [6, 6.07) is 6.27. The van der Waals surface area contributed by atoms with Crippen molar-refractivity contribution in [2.75, 3.05) is 5.32 Å². The van der Waals surface area contributed by atoms with Crippen LogP contribution >= 0.6 is 15.9 Å². The monoisotopic (exact) mass is 337 g/mol. The van der Waals surface area contributed by atoms with E-state index in [2.05, 4.69) is 32.9 Å². The number of hydrogen-bond donors (Lipinski definition) is 1. The lowest BCUT2D eigenvalue weighted by Gasteiger charge is -2.09. The molecule has 0 saturated heterocycles. The number of hydrogen-bond acceptors (Lipinski definition) is 3. The minimum absolute atomic E-state index is 0.242. The van der Waals surface area contributed by atoms with Gasteiger partial charge in [-0.1, -0.05) is 18.2 Å². The molecule has 1 aromatic carbocycles. The van der Waals surface area contributed by atoms with E-state index in [0.29, 0.717) is 23.2 Å². The van der Waals surface area contributed by atoms with Gasteiger partial charge in [0.15, 0.2) is 0 Å². The van der Waals surface area contributed by atoms with Crippen molar-refractivity contribution in [2.45, 2.75) is 13.1 Å². The van der Waals surface area contributed by atoms with Gasteiger partial charge in [0.25, 0.3) is 5.56 Å². The van der Waals surface area contributed by atoms with Gasteiger partial charge in [0.1, 0.15) is 10.3 Å². The lowest BCUT2D eigenvalue weighted by atomic mass is 10.2. The van der Waals surface area contributed by atoms with Crippen molar-refractivity contribution in [1.82, 2.24) is 9.78 Å². The van der Waals surface area contributed by atoms with Crippen LogP contribution in [0.15, 0.2) is 52.4 Å². The quantitative estimate of drug-likeness (QED) is 0.853. The Kier molecular flexibility index (Phi) is 4.68. The topological polar surface area (TPSA) is 46.9 Å². The van der Waals surface area contributed by atoms with Crippen molar-refractivity contribution < 1.29 is 4.39 Å². The summed E-state index contributed by atoms with van der Waals surface area (Å²) in [4.78, 5) is 12.0. The van der Waals surface area contributed by atoms with Crippen molar-refractivity contribution >= 4 is 21.6 Å². The van der Waals surface area contributed by atoms with E-state index in [1.807, 2.05) is 0 Å². The van der Waals surface area contributed by atoms with E-state index in [0.717, 1.165) is 5.56 Å². The molecule has 0 aliphatic carbocycles. The lowest BCUT2D eigenvalue weighted by molar-refractivity contribution is 0.626. The van der Waals surface area contributed by atoms with E-state index in [1.165, 1.54) is 16.8 Å².